The molecular formula is C10H11ClN4S. The van der Waals surface area contributed by atoms with Crippen LogP contribution in [-0.4, -0.2) is 9.97 Å². The first-order valence-corrected chi connectivity index (χ1v) is 5.98. The van der Waals surface area contributed by atoms with Gasteiger partial charge in [0.1, 0.15) is 5.15 Å². The Hall–Kier alpha value is -1.33. The van der Waals surface area contributed by atoms with Crippen molar-refractivity contribution in [2.24, 2.45) is 0 Å². The van der Waals surface area contributed by atoms with Gasteiger partial charge in [0.25, 0.3) is 0 Å². The van der Waals surface area contributed by atoms with Gasteiger partial charge in [-0.1, -0.05) is 11.6 Å². The number of anilines is 2. The number of thiazole rings is 1. The third-order valence-corrected chi connectivity index (χ3v) is 3.03. The first-order chi connectivity index (χ1) is 7.65. The van der Waals surface area contributed by atoms with Crippen LogP contribution in [-0.2, 0) is 6.54 Å². The van der Waals surface area contributed by atoms with Crippen LogP contribution in [0.2, 0.25) is 5.15 Å². The lowest BCUT2D eigenvalue weighted by Gasteiger charge is -2.06. The highest BCUT2D eigenvalue weighted by molar-refractivity contribution is 7.09. The fourth-order valence-corrected chi connectivity index (χ4v) is 2.01. The van der Waals surface area contributed by atoms with Crippen LogP contribution in [0.4, 0.5) is 11.5 Å². The summed E-state index contributed by atoms with van der Waals surface area (Å²) in [5.41, 5.74) is 7.31. The fourth-order valence-electron chi connectivity index (χ4n) is 1.25. The van der Waals surface area contributed by atoms with Crippen molar-refractivity contribution in [2.45, 2.75) is 13.5 Å². The van der Waals surface area contributed by atoms with E-state index in [1.54, 1.807) is 23.5 Å². The average Bonchev–Trinajstić information content (AvgIpc) is 2.66. The summed E-state index contributed by atoms with van der Waals surface area (Å²) >= 11 is 7.40. The van der Waals surface area contributed by atoms with E-state index < -0.39 is 0 Å². The van der Waals surface area contributed by atoms with Crippen LogP contribution < -0.4 is 11.1 Å². The summed E-state index contributed by atoms with van der Waals surface area (Å²) in [4.78, 5) is 8.43. The second-order valence-electron chi connectivity index (χ2n) is 3.28. The highest BCUT2D eigenvalue weighted by atomic mass is 35.5. The van der Waals surface area contributed by atoms with Crippen LogP contribution in [0.25, 0.3) is 0 Å². The summed E-state index contributed by atoms with van der Waals surface area (Å²) in [5, 5.41) is 6.58. The molecule has 0 bridgehead atoms. The molecule has 0 saturated heterocycles. The van der Waals surface area contributed by atoms with Crippen LogP contribution >= 0.6 is 22.9 Å². The van der Waals surface area contributed by atoms with Crippen molar-refractivity contribution in [3.63, 3.8) is 0 Å². The number of nitrogens with two attached hydrogens (primary N) is 1. The van der Waals surface area contributed by atoms with Crippen LogP contribution in [0.3, 0.4) is 0 Å². The normalized spacial score (nSPS) is 10.4. The highest BCUT2D eigenvalue weighted by Crippen LogP contribution is 2.19. The minimum Gasteiger partial charge on any atom is -0.396 e. The molecule has 0 saturated carbocycles. The van der Waals surface area contributed by atoms with E-state index in [-0.39, 0.29) is 0 Å². The van der Waals surface area contributed by atoms with Crippen LogP contribution in [0.1, 0.15) is 10.7 Å². The number of rotatable bonds is 3. The topological polar surface area (TPSA) is 63.8 Å². The molecular weight excluding hydrogens is 244 g/mol. The van der Waals surface area contributed by atoms with Gasteiger partial charge in [0, 0.05) is 5.38 Å². The smallest absolute Gasteiger partial charge is 0.151 e. The summed E-state index contributed by atoms with van der Waals surface area (Å²) in [6.07, 6.45) is 0. The van der Waals surface area contributed by atoms with E-state index in [0.717, 1.165) is 10.7 Å². The molecule has 2 heterocycles. The molecule has 0 atom stereocenters. The molecule has 2 aromatic rings. The van der Waals surface area contributed by atoms with Crippen molar-refractivity contribution in [3.05, 3.63) is 33.4 Å². The Balaban J connectivity index is 2.07. The second-order valence-corrected chi connectivity index (χ2v) is 4.73. The van der Waals surface area contributed by atoms with Crippen LogP contribution in [0, 0.1) is 6.92 Å². The lowest BCUT2D eigenvalue weighted by Crippen LogP contribution is -2.04. The predicted molar refractivity (Wildman–Crippen MR) is 67.8 cm³/mol. The van der Waals surface area contributed by atoms with Gasteiger partial charge in [-0.15, -0.1) is 11.3 Å². The fraction of sp³-hybridized carbons (Fsp3) is 0.200. The summed E-state index contributed by atoms with van der Waals surface area (Å²) in [6.45, 7) is 2.57. The number of aryl methyl sites for hydroxylation is 1. The number of pyridine rings is 1. The molecule has 2 rings (SSSR count). The van der Waals surface area contributed by atoms with E-state index in [9.17, 15) is 0 Å². The molecule has 0 aromatic carbocycles. The monoisotopic (exact) mass is 254 g/mol. The summed E-state index contributed by atoms with van der Waals surface area (Å²) < 4.78 is 0. The van der Waals surface area contributed by atoms with Gasteiger partial charge in [0.2, 0.25) is 0 Å². The van der Waals surface area contributed by atoms with E-state index in [0.29, 0.717) is 23.2 Å². The molecule has 0 aliphatic heterocycles. The van der Waals surface area contributed by atoms with Gasteiger partial charge in [-0.05, 0) is 19.1 Å². The molecule has 16 heavy (non-hydrogen) atoms. The van der Waals surface area contributed by atoms with Crippen molar-refractivity contribution in [3.8, 4) is 0 Å². The molecule has 0 aliphatic carbocycles. The molecule has 84 valence electrons. The second kappa shape index (κ2) is 4.67. The number of halogens is 1. The summed E-state index contributed by atoms with van der Waals surface area (Å²) in [5.74, 6) is 0.596. The highest BCUT2D eigenvalue weighted by Gasteiger charge is 2.03. The van der Waals surface area contributed by atoms with Gasteiger partial charge in [-0.3, -0.25) is 0 Å². The summed E-state index contributed by atoms with van der Waals surface area (Å²) in [7, 11) is 0. The van der Waals surface area contributed by atoms with Crippen LogP contribution in [0.15, 0.2) is 17.5 Å². The molecule has 0 unspecified atom stereocenters. The Morgan fingerprint density at radius 1 is 1.44 bits per heavy atom. The first-order valence-electron chi connectivity index (χ1n) is 4.72. The minimum atomic E-state index is 0.422. The van der Waals surface area contributed by atoms with Crippen molar-refractivity contribution in [2.75, 3.05) is 11.1 Å². The third-order valence-electron chi connectivity index (χ3n) is 2.00. The average molecular weight is 255 g/mol. The van der Waals surface area contributed by atoms with E-state index in [4.69, 9.17) is 17.3 Å². The molecule has 0 radical (unpaired) electrons. The zero-order valence-corrected chi connectivity index (χ0v) is 10.3. The lowest BCUT2D eigenvalue weighted by atomic mass is 10.4. The molecule has 0 aliphatic rings. The zero-order chi connectivity index (χ0) is 11.5. The Bertz CT molecular complexity index is 497. The standard InChI is InChI=1S/C10H11ClN4S/c1-6-14-7(5-16-6)4-13-10-8(12)2-3-9(11)15-10/h2-3,5H,4,12H2,1H3,(H,13,15). The predicted octanol–water partition coefficient (Wildman–Crippen LogP) is 2.69. The van der Waals surface area contributed by atoms with Gasteiger partial charge in [0.05, 0.1) is 22.9 Å². The molecule has 2 aromatic heterocycles. The zero-order valence-electron chi connectivity index (χ0n) is 8.70. The maximum absolute atomic E-state index is 5.78. The number of aromatic nitrogens is 2. The Morgan fingerprint density at radius 2 is 2.25 bits per heavy atom. The van der Waals surface area contributed by atoms with E-state index >= 15 is 0 Å². The Labute approximate surface area is 102 Å². The van der Waals surface area contributed by atoms with Gasteiger partial charge in [-0.2, -0.15) is 0 Å². The molecule has 0 spiro atoms. The van der Waals surface area contributed by atoms with Crippen molar-refractivity contribution in [1.82, 2.24) is 9.97 Å². The number of nitrogens with one attached hydrogen (secondary N) is 1. The maximum atomic E-state index is 5.78. The van der Waals surface area contributed by atoms with Crippen LogP contribution in [0.5, 0.6) is 0 Å². The van der Waals surface area contributed by atoms with Gasteiger partial charge in [0.15, 0.2) is 5.82 Å². The molecule has 3 N–H and O–H groups in total. The Kier molecular flexibility index (Phi) is 3.26. The van der Waals surface area contributed by atoms with E-state index in [1.807, 2.05) is 12.3 Å². The molecule has 0 amide bonds. The van der Waals surface area contributed by atoms with E-state index in [2.05, 4.69) is 15.3 Å². The number of hydrogen-bond donors (Lipinski definition) is 2. The van der Waals surface area contributed by atoms with Crippen molar-refractivity contribution in [1.29, 1.82) is 0 Å². The van der Waals surface area contributed by atoms with E-state index in [1.165, 1.54) is 0 Å². The van der Waals surface area contributed by atoms with Gasteiger partial charge in [-0.25, -0.2) is 9.97 Å². The first kappa shape index (κ1) is 11.2. The SMILES string of the molecule is Cc1nc(CNc2nc(Cl)ccc2N)cs1. The molecule has 6 heteroatoms. The molecule has 0 fully saturated rings. The van der Waals surface area contributed by atoms with Crippen molar-refractivity contribution >= 4 is 34.4 Å². The lowest BCUT2D eigenvalue weighted by molar-refractivity contribution is 1.04. The largest absolute Gasteiger partial charge is 0.396 e. The van der Waals surface area contributed by atoms with Gasteiger partial charge < -0.3 is 11.1 Å². The van der Waals surface area contributed by atoms with Gasteiger partial charge >= 0.3 is 0 Å². The number of nitrogen functional groups attached to an aromatic ring is 1. The van der Waals surface area contributed by atoms with Crippen molar-refractivity contribution < 1.29 is 0 Å². The summed E-state index contributed by atoms with van der Waals surface area (Å²) in [6, 6.07) is 3.39. The molecule has 4 nitrogen and oxygen atoms in total. The maximum Gasteiger partial charge on any atom is 0.151 e. The Morgan fingerprint density at radius 3 is 2.94 bits per heavy atom. The quantitative estimate of drug-likeness (QED) is 0.827. The number of nitrogens with zero attached hydrogens (tertiary/aromatic N) is 2. The number of hydrogen-bond acceptors (Lipinski definition) is 5. The minimum absolute atomic E-state index is 0.422. The third kappa shape index (κ3) is 2.62.